The third-order valence-corrected chi connectivity index (χ3v) is 6.78. The van der Waals surface area contributed by atoms with Crippen molar-refractivity contribution in [1.82, 2.24) is 20.6 Å². The number of rotatable bonds is 7. The second kappa shape index (κ2) is 12.2. The molecule has 0 radical (unpaired) electrons. The highest BCUT2D eigenvalue weighted by Gasteiger charge is 2.24. The van der Waals surface area contributed by atoms with Crippen molar-refractivity contribution in [2.75, 3.05) is 19.4 Å². The first-order valence-corrected chi connectivity index (χ1v) is 13.2. The number of hydrazone groups is 1. The molecule has 42 heavy (non-hydrogen) atoms. The van der Waals surface area contributed by atoms with E-state index in [1.807, 2.05) is 32.9 Å². The van der Waals surface area contributed by atoms with Gasteiger partial charge in [0.25, 0.3) is 11.8 Å². The summed E-state index contributed by atoms with van der Waals surface area (Å²) in [7, 11) is 3.31. The van der Waals surface area contributed by atoms with Crippen LogP contribution in [0, 0.1) is 5.82 Å². The van der Waals surface area contributed by atoms with Gasteiger partial charge >= 0.3 is 0 Å². The minimum Gasteiger partial charge on any atom is -0.347 e. The van der Waals surface area contributed by atoms with Gasteiger partial charge in [-0.1, -0.05) is 45.5 Å². The van der Waals surface area contributed by atoms with Crippen LogP contribution in [0.4, 0.5) is 10.2 Å². The van der Waals surface area contributed by atoms with E-state index in [2.05, 4.69) is 32.7 Å². The van der Waals surface area contributed by atoms with Crippen molar-refractivity contribution in [1.29, 1.82) is 0 Å². The fourth-order valence-electron chi connectivity index (χ4n) is 4.56. The first-order valence-electron chi connectivity index (χ1n) is 13.2. The molecule has 0 aliphatic carbocycles. The number of aromatic nitrogens is 1. The molecule has 0 saturated carbocycles. The number of anilines is 1. The van der Waals surface area contributed by atoms with Crippen LogP contribution < -0.4 is 16.1 Å². The van der Waals surface area contributed by atoms with Gasteiger partial charge in [0.2, 0.25) is 6.41 Å². The third kappa shape index (κ3) is 6.43. The number of fused-ring (bicyclic) bond motifs is 1. The topological polar surface area (TPSA) is 116 Å². The summed E-state index contributed by atoms with van der Waals surface area (Å²) in [4.78, 5) is 41.9. The van der Waals surface area contributed by atoms with Crippen LogP contribution in [-0.4, -0.2) is 48.4 Å². The number of hydrogen-bond donors (Lipinski definition) is 3. The first-order chi connectivity index (χ1) is 19.9. The minimum absolute atomic E-state index is 0.0930. The maximum Gasteiger partial charge on any atom is 0.268 e. The third-order valence-electron chi connectivity index (χ3n) is 6.78. The molecule has 0 bridgehead atoms. The van der Waals surface area contributed by atoms with Crippen molar-refractivity contribution in [2.45, 2.75) is 32.7 Å². The van der Waals surface area contributed by atoms with Gasteiger partial charge in [-0.3, -0.25) is 14.4 Å². The highest BCUT2D eigenvalue weighted by Crippen LogP contribution is 2.37. The largest absolute Gasteiger partial charge is 0.347 e. The van der Waals surface area contributed by atoms with Crippen LogP contribution >= 0.6 is 0 Å². The average molecular weight is 569 g/mol. The van der Waals surface area contributed by atoms with Gasteiger partial charge < -0.3 is 15.5 Å². The molecular weight excluding hydrogens is 535 g/mol. The Labute approximate surface area is 244 Å². The maximum absolute atomic E-state index is 15.9. The summed E-state index contributed by atoms with van der Waals surface area (Å²) in [5.74, 6) is -0.672. The van der Waals surface area contributed by atoms with Gasteiger partial charge in [0.05, 0.1) is 11.8 Å². The number of halogens is 1. The van der Waals surface area contributed by atoms with Gasteiger partial charge in [-0.25, -0.2) is 14.8 Å². The number of carbonyl (C=O) groups is 3. The molecule has 1 aliphatic heterocycles. The van der Waals surface area contributed by atoms with Crippen LogP contribution in [0.1, 0.15) is 53.4 Å². The lowest BCUT2D eigenvalue weighted by Gasteiger charge is -2.24. The van der Waals surface area contributed by atoms with Crippen LogP contribution in [-0.2, 0) is 21.5 Å². The smallest absolute Gasteiger partial charge is 0.268 e. The van der Waals surface area contributed by atoms with E-state index in [4.69, 9.17) is 0 Å². The number of allylic oxidation sites excluding steroid dienone is 2. The van der Waals surface area contributed by atoms with E-state index in [1.54, 1.807) is 44.4 Å². The highest BCUT2D eigenvalue weighted by molar-refractivity contribution is 6.01. The molecule has 0 saturated heterocycles. The normalized spacial score (nSPS) is 14.7. The van der Waals surface area contributed by atoms with Crippen LogP contribution in [0.5, 0.6) is 0 Å². The molecular formula is C32H33FN6O3. The average Bonchev–Trinajstić information content (AvgIpc) is 2.94. The Hall–Kier alpha value is -5.12. The summed E-state index contributed by atoms with van der Waals surface area (Å²) in [5, 5.41) is 9.82. The molecule has 2 heterocycles. The Morgan fingerprint density at radius 2 is 1.90 bits per heavy atom. The van der Waals surface area contributed by atoms with Crippen molar-refractivity contribution in [3.8, 4) is 11.1 Å². The molecule has 0 atom stereocenters. The second-order valence-corrected chi connectivity index (χ2v) is 11.0. The Kier molecular flexibility index (Phi) is 8.65. The Morgan fingerprint density at radius 1 is 1.17 bits per heavy atom. The number of nitrogens with zero attached hydrogens (tertiary/aromatic N) is 3. The SMILES string of the molecule is C=C1/C=C(/Nc2ccc(C(=O)N(C)C)cn2)C(=O)NCc2c1cccc2-c1c(F)cc(C(C)(C)C)cc1/C=N\NC=O. The standard InChI is InChI=1S/C32H33FN6O3/c1-19-12-27(38-28-11-10-20(15-34-28)31(42)39(5)6)30(41)35-17-25-23(19)8-7-9-24(25)29-21(16-36-37-18-40)13-22(14-26(29)33)32(2,3)4/h7-16,18H,1,17H2,2-6H3,(H,34,38)(H,35,41)(H,37,40)/b27-12+,36-16-. The molecule has 9 nitrogen and oxygen atoms in total. The summed E-state index contributed by atoms with van der Waals surface area (Å²) in [6.07, 6.45) is 4.88. The molecule has 3 N–H and O–H groups in total. The molecule has 3 amide bonds. The van der Waals surface area contributed by atoms with Crippen molar-refractivity contribution in [3.63, 3.8) is 0 Å². The zero-order chi connectivity index (χ0) is 30.6. The van der Waals surface area contributed by atoms with E-state index in [9.17, 15) is 14.4 Å². The number of carbonyl (C=O) groups excluding carboxylic acids is 3. The predicted octanol–water partition coefficient (Wildman–Crippen LogP) is 4.61. The minimum atomic E-state index is -0.456. The lowest BCUT2D eigenvalue weighted by molar-refractivity contribution is -0.117. The molecule has 3 aromatic rings. The van der Waals surface area contributed by atoms with E-state index in [0.717, 1.165) is 11.1 Å². The molecule has 4 rings (SSSR count). The lowest BCUT2D eigenvalue weighted by Crippen LogP contribution is -2.30. The van der Waals surface area contributed by atoms with Gasteiger partial charge in [0.15, 0.2) is 0 Å². The zero-order valence-electron chi connectivity index (χ0n) is 24.2. The van der Waals surface area contributed by atoms with Crippen LogP contribution in [0.2, 0.25) is 0 Å². The number of nitrogens with one attached hydrogen (secondary N) is 3. The van der Waals surface area contributed by atoms with E-state index in [1.165, 1.54) is 23.4 Å². The van der Waals surface area contributed by atoms with Gasteiger partial charge in [-0.15, -0.1) is 0 Å². The zero-order valence-corrected chi connectivity index (χ0v) is 24.2. The van der Waals surface area contributed by atoms with E-state index in [-0.39, 0.29) is 29.1 Å². The second-order valence-electron chi connectivity index (χ2n) is 11.0. The maximum atomic E-state index is 15.9. The Bertz CT molecular complexity index is 1620. The molecule has 10 heteroatoms. The summed E-state index contributed by atoms with van der Waals surface area (Å²) >= 11 is 0. The lowest BCUT2D eigenvalue weighted by atomic mass is 9.83. The summed E-state index contributed by atoms with van der Waals surface area (Å²) in [5.41, 5.74) is 6.56. The van der Waals surface area contributed by atoms with E-state index in [0.29, 0.717) is 40.1 Å². The molecule has 2 aromatic carbocycles. The number of pyridine rings is 1. The molecule has 1 aromatic heterocycles. The summed E-state index contributed by atoms with van der Waals surface area (Å²) in [6.45, 7) is 10.2. The van der Waals surface area contributed by atoms with Crippen molar-refractivity contribution < 1.29 is 18.8 Å². The molecule has 0 fully saturated rings. The monoisotopic (exact) mass is 568 g/mol. The van der Waals surface area contributed by atoms with Crippen molar-refractivity contribution >= 4 is 35.8 Å². The predicted molar refractivity (Wildman–Crippen MR) is 162 cm³/mol. The van der Waals surface area contributed by atoms with Gasteiger partial charge in [0.1, 0.15) is 17.3 Å². The number of benzene rings is 2. The number of hydrogen-bond acceptors (Lipinski definition) is 6. The van der Waals surface area contributed by atoms with Gasteiger partial charge in [-0.2, -0.15) is 5.10 Å². The van der Waals surface area contributed by atoms with Gasteiger partial charge in [0, 0.05) is 38.0 Å². The molecule has 1 aliphatic rings. The van der Waals surface area contributed by atoms with Crippen LogP contribution in [0.15, 0.2) is 72.1 Å². The van der Waals surface area contributed by atoms with Crippen molar-refractivity contribution in [3.05, 3.63) is 101 Å². The number of amides is 3. The molecule has 0 unspecified atom stereocenters. The Morgan fingerprint density at radius 3 is 2.55 bits per heavy atom. The molecule has 216 valence electrons. The van der Waals surface area contributed by atoms with Crippen molar-refractivity contribution in [2.24, 2.45) is 5.10 Å². The van der Waals surface area contributed by atoms with Crippen LogP contribution in [0.25, 0.3) is 16.7 Å². The molecule has 0 spiro atoms. The first kappa shape index (κ1) is 29.9. The summed E-state index contributed by atoms with van der Waals surface area (Å²) in [6, 6.07) is 12.0. The van der Waals surface area contributed by atoms with E-state index >= 15 is 4.39 Å². The van der Waals surface area contributed by atoms with Gasteiger partial charge in [-0.05, 0) is 63.6 Å². The fraction of sp³-hybridized carbons (Fsp3) is 0.219. The van der Waals surface area contributed by atoms with Crippen LogP contribution in [0.3, 0.4) is 0 Å². The van der Waals surface area contributed by atoms with E-state index < -0.39 is 11.7 Å². The highest BCUT2D eigenvalue weighted by atomic mass is 19.1. The Balaban J connectivity index is 1.75. The fourth-order valence-corrected chi connectivity index (χ4v) is 4.56. The summed E-state index contributed by atoms with van der Waals surface area (Å²) < 4.78 is 15.9. The quantitative estimate of drug-likeness (QED) is 0.219.